The summed E-state index contributed by atoms with van der Waals surface area (Å²) < 4.78 is 39.9. The van der Waals surface area contributed by atoms with Gasteiger partial charge in [-0.05, 0) is 86.3 Å². The van der Waals surface area contributed by atoms with E-state index in [-0.39, 0.29) is 12.6 Å². The van der Waals surface area contributed by atoms with Gasteiger partial charge >= 0.3 is 0 Å². The molecule has 0 aliphatic heterocycles. The van der Waals surface area contributed by atoms with Gasteiger partial charge in [0.2, 0.25) is 0 Å². The molecular weight excluding hydrogens is 371 g/mol. The van der Waals surface area contributed by atoms with Crippen LogP contribution in [0.1, 0.15) is 87.7 Å². The lowest BCUT2D eigenvalue weighted by Crippen LogP contribution is -2.18. The molecule has 0 aromatic heterocycles. The fourth-order valence-corrected chi connectivity index (χ4v) is 5.30. The third kappa shape index (κ3) is 6.11. The van der Waals surface area contributed by atoms with Crippen LogP contribution in [-0.2, 0) is 0 Å². The lowest BCUT2D eigenvalue weighted by atomic mass is 9.74. The van der Waals surface area contributed by atoms with Crippen molar-refractivity contribution < 1.29 is 13.2 Å². The summed E-state index contributed by atoms with van der Waals surface area (Å²) in [5.74, 6) is 1.02. The molecule has 0 heterocycles. The Morgan fingerprint density at radius 2 is 1.34 bits per heavy atom. The van der Waals surface area contributed by atoms with E-state index in [0.29, 0.717) is 5.56 Å². The molecule has 2 saturated carbocycles. The van der Waals surface area contributed by atoms with E-state index in [1.165, 1.54) is 50.7 Å². The molecule has 2 aliphatic rings. The predicted octanol–water partition coefficient (Wildman–Crippen LogP) is 7.61. The van der Waals surface area contributed by atoms with E-state index in [1.807, 2.05) is 6.08 Å². The largest absolute Gasteiger partial charge is 0.247 e. The van der Waals surface area contributed by atoms with E-state index in [9.17, 15) is 13.2 Å². The van der Waals surface area contributed by atoms with Crippen LogP contribution < -0.4 is 0 Å². The van der Waals surface area contributed by atoms with Crippen LogP contribution in [0, 0.1) is 40.7 Å². The summed E-state index contributed by atoms with van der Waals surface area (Å²) in [5.41, 5.74) is 0.230. The van der Waals surface area contributed by atoms with Crippen LogP contribution in [0.3, 0.4) is 0 Å². The van der Waals surface area contributed by atoms with Crippen molar-refractivity contribution in [1.29, 1.82) is 5.26 Å². The van der Waals surface area contributed by atoms with E-state index < -0.39 is 17.2 Å². The van der Waals surface area contributed by atoms with Crippen LogP contribution in [0.5, 0.6) is 0 Å². The molecule has 1 aromatic carbocycles. The van der Waals surface area contributed by atoms with Crippen LogP contribution in [0.15, 0.2) is 24.3 Å². The van der Waals surface area contributed by atoms with Crippen molar-refractivity contribution in [3.8, 4) is 6.07 Å². The van der Waals surface area contributed by atoms with Crippen LogP contribution in [0.25, 0.3) is 0 Å². The number of halogens is 3. The summed E-state index contributed by atoms with van der Waals surface area (Å²) in [6.45, 7) is -0.355. The zero-order valence-electron chi connectivity index (χ0n) is 17.2. The molecule has 0 amide bonds. The molecule has 0 saturated heterocycles. The lowest BCUT2D eigenvalue weighted by Gasteiger charge is -2.32. The zero-order valence-corrected chi connectivity index (χ0v) is 17.2. The highest BCUT2D eigenvalue weighted by Gasteiger charge is 2.26. The molecule has 4 heteroatoms. The van der Waals surface area contributed by atoms with Gasteiger partial charge in [-0.1, -0.05) is 37.8 Å². The Morgan fingerprint density at radius 1 is 0.828 bits per heavy atom. The van der Waals surface area contributed by atoms with Gasteiger partial charge in [-0.2, -0.15) is 5.26 Å². The molecule has 0 spiro atoms. The highest BCUT2D eigenvalue weighted by atomic mass is 19.1. The number of alkyl halides is 1. The van der Waals surface area contributed by atoms with E-state index in [1.54, 1.807) is 12.1 Å². The van der Waals surface area contributed by atoms with Crippen molar-refractivity contribution in [1.82, 2.24) is 0 Å². The molecule has 158 valence electrons. The van der Waals surface area contributed by atoms with Gasteiger partial charge in [0, 0.05) is 0 Å². The molecule has 2 aliphatic carbocycles. The number of nitrogens with zero attached hydrogens (tertiary/aromatic N) is 1. The molecule has 0 atom stereocenters. The van der Waals surface area contributed by atoms with Gasteiger partial charge in [0.15, 0.2) is 0 Å². The molecule has 1 aromatic rings. The van der Waals surface area contributed by atoms with Crippen LogP contribution in [0.4, 0.5) is 13.2 Å². The van der Waals surface area contributed by atoms with Gasteiger partial charge in [0.1, 0.15) is 29.9 Å². The monoisotopic (exact) mass is 403 g/mol. The van der Waals surface area contributed by atoms with Crippen LogP contribution in [0.2, 0.25) is 0 Å². The number of rotatable bonds is 7. The maximum absolute atomic E-state index is 13.9. The Morgan fingerprint density at radius 3 is 1.86 bits per heavy atom. The van der Waals surface area contributed by atoms with E-state index in [2.05, 4.69) is 0 Å². The molecule has 0 unspecified atom stereocenters. The van der Waals surface area contributed by atoms with Gasteiger partial charge in [-0.25, -0.2) is 13.2 Å². The van der Waals surface area contributed by atoms with Gasteiger partial charge in [0.05, 0.1) is 0 Å². The number of allylic oxidation sites excluding steroid dienone is 2. The first-order valence-corrected chi connectivity index (χ1v) is 11.2. The summed E-state index contributed by atoms with van der Waals surface area (Å²) in [6, 6.07) is 4.31. The third-order valence-electron chi connectivity index (χ3n) is 7.17. The van der Waals surface area contributed by atoms with Crippen molar-refractivity contribution in [2.45, 2.75) is 76.5 Å². The Labute approximate surface area is 173 Å². The standard InChI is InChI=1S/C25H32F3N/c26-14-2-1-3-18-4-6-19(7-5-18)8-9-20-10-12-21(13-11-20)22-15-24(27)23(17-29)25(28)16-22/h1-2,15-16,18-21H,3-14H2/b2-1+. The van der Waals surface area contributed by atoms with Gasteiger partial charge in [0.25, 0.3) is 0 Å². The molecule has 1 nitrogen and oxygen atoms in total. The number of nitriles is 1. The first-order chi connectivity index (χ1) is 14.1. The second-order valence-electron chi connectivity index (χ2n) is 9.01. The second kappa shape index (κ2) is 10.9. The Bertz CT molecular complexity index is 697. The second-order valence-corrected chi connectivity index (χ2v) is 9.01. The molecular formula is C25H32F3N. The van der Waals surface area contributed by atoms with E-state index >= 15 is 0 Å². The highest BCUT2D eigenvalue weighted by Crippen LogP contribution is 2.40. The van der Waals surface area contributed by atoms with Crippen molar-refractivity contribution in [2.75, 3.05) is 6.67 Å². The summed E-state index contributed by atoms with van der Waals surface area (Å²) in [4.78, 5) is 0. The van der Waals surface area contributed by atoms with E-state index in [0.717, 1.165) is 49.9 Å². The minimum absolute atomic E-state index is 0.204. The maximum atomic E-state index is 13.9. The SMILES string of the molecule is N#Cc1c(F)cc(C2CCC(CCC3CCC(C/C=C/CF)CC3)CC2)cc1F. The summed E-state index contributed by atoms with van der Waals surface area (Å²) in [7, 11) is 0. The summed E-state index contributed by atoms with van der Waals surface area (Å²) >= 11 is 0. The van der Waals surface area contributed by atoms with Gasteiger partial charge < -0.3 is 0 Å². The number of hydrogen-bond acceptors (Lipinski definition) is 1. The molecule has 0 radical (unpaired) electrons. The van der Waals surface area contributed by atoms with Gasteiger partial charge in [-0.3, -0.25) is 0 Å². The first kappa shape index (κ1) is 21.9. The highest BCUT2D eigenvalue weighted by molar-refractivity contribution is 5.36. The Kier molecular flexibility index (Phi) is 8.21. The Balaban J connectivity index is 1.39. The minimum atomic E-state index is -0.736. The lowest BCUT2D eigenvalue weighted by molar-refractivity contribution is 0.231. The van der Waals surface area contributed by atoms with Crippen molar-refractivity contribution in [3.05, 3.63) is 47.0 Å². The van der Waals surface area contributed by atoms with Crippen molar-refractivity contribution in [2.24, 2.45) is 17.8 Å². The first-order valence-electron chi connectivity index (χ1n) is 11.2. The summed E-state index contributed by atoms with van der Waals surface area (Å²) in [5, 5.41) is 8.82. The van der Waals surface area contributed by atoms with Crippen molar-refractivity contribution >= 4 is 0 Å². The van der Waals surface area contributed by atoms with Crippen LogP contribution >= 0.6 is 0 Å². The number of benzene rings is 1. The Hall–Kier alpha value is -1.76. The van der Waals surface area contributed by atoms with Gasteiger partial charge in [-0.15, -0.1) is 0 Å². The van der Waals surface area contributed by atoms with Crippen molar-refractivity contribution in [3.63, 3.8) is 0 Å². The predicted molar refractivity (Wildman–Crippen MR) is 110 cm³/mol. The fraction of sp³-hybridized carbons (Fsp3) is 0.640. The maximum Gasteiger partial charge on any atom is 0.144 e. The minimum Gasteiger partial charge on any atom is -0.247 e. The smallest absolute Gasteiger partial charge is 0.144 e. The quantitative estimate of drug-likeness (QED) is 0.430. The third-order valence-corrected chi connectivity index (χ3v) is 7.17. The molecule has 29 heavy (non-hydrogen) atoms. The topological polar surface area (TPSA) is 23.8 Å². The average Bonchev–Trinajstić information content (AvgIpc) is 2.73. The fourth-order valence-electron chi connectivity index (χ4n) is 5.30. The molecule has 0 N–H and O–H groups in total. The summed E-state index contributed by atoms with van der Waals surface area (Å²) in [6.07, 6.45) is 16.5. The number of hydrogen-bond donors (Lipinski definition) is 0. The average molecular weight is 404 g/mol. The normalized spacial score (nSPS) is 27.8. The molecule has 0 bridgehead atoms. The van der Waals surface area contributed by atoms with Crippen LogP contribution in [-0.4, -0.2) is 6.67 Å². The molecule has 2 fully saturated rings. The molecule has 3 rings (SSSR count). The zero-order chi connectivity index (χ0) is 20.6. The van der Waals surface area contributed by atoms with E-state index in [4.69, 9.17) is 5.26 Å².